The molecule has 1 saturated heterocycles. The molecule has 0 amide bonds. The van der Waals surface area contributed by atoms with Crippen molar-refractivity contribution in [2.24, 2.45) is 0 Å². The Bertz CT molecular complexity index is 1860. The van der Waals surface area contributed by atoms with E-state index in [1.165, 1.54) is 96.3 Å². The zero-order valence-electron chi connectivity index (χ0n) is 52.2. The highest BCUT2D eigenvalue weighted by atomic mass is 16.7. The smallest absolute Gasteiger partial charge is 0.335 e. The van der Waals surface area contributed by atoms with Crippen molar-refractivity contribution in [3.63, 3.8) is 0 Å². The van der Waals surface area contributed by atoms with E-state index in [-0.39, 0.29) is 25.9 Å². The number of carbonyl (C=O) groups excluding carboxylic acids is 3. The molecule has 0 bridgehead atoms. The summed E-state index contributed by atoms with van der Waals surface area (Å²) in [5, 5.41) is 31.6. The van der Waals surface area contributed by atoms with Gasteiger partial charge in [0.2, 0.25) is 0 Å². The van der Waals surface area contributed by atoms with Gasteiger partial charge in [-0.25, -0.2) is 4.79 Å². The third kappa shape index (κ3) is 47.3. The van der Waals surface area contributed by atoms with Crippen molar-refractivity contribution < 1.29 is 58.2 Å². The molecule has 3 N–H and O–H groups in total. The number of aliphatic hydroxyl groups excluding tert-OH is 2. The van der Waals surface area contributed by atoms with Gasteiger partial charge < -0.3 is 39.0 Å². The fourth-order valence-corrected chi connectivity index (χ4v) is 9.40. The van der Waals surface area contributed by atoms with Crippen LogP contribution in [0.2, 0.25) is 0 Å². The largest absolute Gasteiger partial charge is 0.479 e. The van der Waals surface area contributed by atoms with E-state index in [0.717, 1.165) is 103 Å². The molecule has 0 saturated carbocycles. The number of aliphatic hydroxyl groups is 2. The second-order valence-corrected chi connectivity index (χ2v) is 22.0. The zero-order chi connectivity index (χ0) is 60.3. The monoisotopic (exact) mass is 1160 g/mol. The highest BCUT2D eigenvalue weighted by Gasteiger charge is 2.50. The Morgan fingerprint density at radius 2 is 0.771 bits per heavy atom. The number of hydrogen-bond donors (Lipinski definition) is 3. The minimum atomic E-state index is -1.93. The maximum absolute atomic E-state index is 13.2. The molecule has 1 rings (SSSR count). The number of carboxylic acids is 1. The summed E-state index contributed by atoms with van der Waals surface area (Å²) in [6.45, 7) is 5.74. The maximum atomic E-state index is 13.2. The van der Waals surface area contributed by atoms with Crippen LogP contribution in [0.3, 0.4) is 0 Å². The van der Waals surface area contributed by atoms with Gasteiger partial charge in [-0.3, -0.25) is 14.4 Å². The molecular weight excluding hydrogens is 1040 g/mol. The van der Waals surface area contributed by atoms with Gasteiger partial charge in [0.1, 0.15) is 18.8 Å². The van der Waals surface area contributed by atoms with E-state index in [0.29, 0.717) is 25.7 Å². The van der Waals surface area contributed by atoms with Gasteiger partial charge in [0.05, 0.1) is 6.61 Å². The summed E-state index contributed by atoms with van der Waals surface area (Å²) in [5.41, 5.74) is 0. The van der Waals surface area contributed by atoms with Crippen LogP contribution < -0.4 is 0 Å². The van der Waals surface area contributed by atoms with Crippen LogP contribution in [0.5, 0.6) is 0 Å². The van der Waals surface area contributed by atoms with Gasteiger partial charge in [0, 0.05) is 19.3 Å². The van der Waals surface area contributed by atoms with E-state index < -0.39 is 67.3 Å². The topological polar surface area (TPSA) is 175 Å². The Labute approximate surface area is 504 Å². The molecule has 1 aliphatic heterocycles. The van der Waals surface area contributed by atoms with Crippen molar-refractivity contribution in [2.75, 3.05) is 13.2 Å². The van der Waals surface area contributed by atoms with Gasteiger partial charge in [-0.1, -0.05) is 259 Å². The van der Waals surface area contributed by atoms with Crippen LogP contribution in [-0.2, 0) is 42.9 Å². The van der Waals surface area contributed by atoms with Gasteiger partial charge in [-0.05, 0) is 96.3 Å². The van der Waals surface area contributed by atoms with Gasteiger partial charge in [-0.2, -0.15) is 0 Å². The minimum absolute atomic E-state index is 0.0215. The average molecular weight is 1160 g/mol. The van der Waals surface area contributed by atoms with Crippen LogP contribution in [0.25, 0.3) is 0 Å². The van der Waals surface area contributed by atoms with Gasteiger partial charge >= 0.3 is 23.9 Å². The number of unbranched alkanes of at least 4 members (excludes halogenated alkanes) is 23. The summed E-state index contributed by atoms with van der Waals surface area (Å²) in [7, 11) is 0. The third-order valence-electron chi connectivity index (χ3n) is 14.3. The van der Waals surface area contributed by atoms with Crippen LogP contribution in [0.4, 0.5) is 0 Å². The number of aliphatic carboxylic acids is 1. The lowest BCUT2D eigenvalue weighted by Gasteiger charge is -2.40. The normalized spacial score (nSPS) is 18.3. The van der Waals surface area contributed by atoms with Crippen LogP contribution in [0.1, 0.15) is 265 Å². The molecule has 1 heterocycles. The predicted molar refractivity (Wildman–Crippen MR) is 340 cm³/mol. The Hall–Kier alpha value is -4.62. The standard InChI is InChI=1S/C71H116O12/c1-4-7-10-13-16-19-22-25-28-31-32-35-36-39-42-45-48-51-54-57-63(72)79-60-62(81-64(73)58-55-52-49-46-43-40-37-33-29-26-23-20-17-14-11-8-5-2)61-80-71-69(67(76)66(75)68(83-71)70(77)78)82-65(74)59-56-53-50-47-44-41-38-34-30-27-24-21-18-15-12-9-6-3/h8-9,11-12,17-18,20-21,26-27,29-30,37-38,40-41,46,49,62,66-69,71,75-76H,4-7,10,13-16,19,22-25,28,31-36,39,42-45,47-48,50-61H2,1-3H3,(H,77,78)/b11-8-,12-9-,20-17-,21-18-,29-26-,30-27-,40-37-,41-38-,49-46-. The molecule has 472 valence electrons. The number of carbonyl (C=O) groups is 4. The number of esters is 3. The van der Waals surface area contributed by atoms with E-state index in [2.05, 4.69) is 118 Å². The van der Waals surface area contributed by atoms with E-state index >= 15 is 0 Å². The molecule has 0 spiro atoms. The first-order valence-corrected chi connectivity index (χ1v) is 32.9. The second kappa shape index (κ2) is 57.8. The molecule has 6 unspecified atom stereocenters. The molecular formula is C71H116O12. The Kier molecular flexibility index (Phi) is 53.2. The first-order valence-electron chi connectivity index (χ1n) is 32.9. The minimum Gasteiger partial charge on any atom is -0.479 e. The zero-order valence-corrected chi connectivity index (χ0v) is 52.2. The highest BCUT2D eigenvalue weighted by Crippen LogP contribution is 2.26. The van der Waals surface area contributed by atoms with Crippen molar-refractivity contribution in [1.29, 1.82) is 0 Å². The predicted octanol–water partition coefficient (Wildman–Crippen LogP) is 17.8. The molecule has 0 aliphatic carbocycles. The van der Waals surface area contributed by atoms with Crippen LogP contribution in [0, 0.1) is 0 Å². The van der Waals surface area contributed by atoms with Crippen molar-refractivity contribution in [2.45, 2.75) is 302 Å². The lowest BCUT2D eigenvalue weighted by atomic mass is 9.98. The molecule has 1 fully saturated rings. The first kappa shape index (κ1) is 76.4. The van der Waals surface area contributed by atoms with Crippen molar-refractivity contribution >= 4 is 23.9 Å². The lowest BCUT2D eigenvalue weighted by Crippen LogP contribution is -2.61. The summed E-state index contributed by atoms with van der Waals surface area (Å²) in [6, 6.07) is 0. The lowest BCUT2D eigenvalue weighted by molar-refractivity contribution is -0.301. The average Bonchev–Trinajstić information content (AvgIpc) is 3.59. The van der Waals surface area contributed by atoms with Crippen molar-refractivity contribution in [1.82, 2.24) is 0 Å². The molecule has 0 aromatic rings. The number of allylic oxidation sites excluding steroid dienone is 18. The maximum Gasteiger partial charge on any atom is 0.335 e. The molecule has 0 aromatic heterocycles. The number of hydrogen-bond acceptors (Lipinski definition) is 11. The molecule has 12 heteroatoms. The summed E-state index contributed by atoms with van der Waals surface area (Å²) in [4.78, 5) is 51.3. The third-order valence-corrected chi connectivity index (χ3v) is 14.3. The van der Waals surface area contributed by atoms with Crippen LogP contribution >= 0.6 is 0 Å². The van der Waals surface area contributed by atoms with Gasteiger partial charge in [-0.15, -0.1) is 0 Å². The van der Waals surface area contributed by atoms with E-state index in [1.54, 1.807) is 0 Å². The van der Waals surface area contributed by atoms with Gasteiger partial charge in [0.15, 0.2) is 24.6 Å². The Morgan fingerprint density at radius 3 is 1.19 bits per heavy atom. The summed E-state index contributed by atoms with van der Waals surface area (Å²) < 4.78 is 28.5. The molecule has 6 atom stereocenters. The Balaban J connectivity index is 2.70. The highest BCUT2D eigenvalue weighted by molar-refractivity contribution is 5.74. The number of rotatable bonds is 55. The van der Waals surface area contributed by atoms with Gasteiger partial charge in [0.25, 0.3) is 0 Å². The van der Waals surface area contributed by atoms with Crippen LogP contribution in [-0.4, -0.2) is 89.2 Å². The van der Waals surface area contributed by atoms with E-state index in [9.17, 15) is 34.5 Å². The van der Waals surface area contributed by atoms with Crippen molar-refractivity contribution in [3.05, 3.63) is 109 Å². The summed E-state index contributed by atoms with van der Waals surface area (Å²) in [5.74, 6) is -3.23. The number of carboxylic acid groups (broad SMARTS) is 1. The van der Waals surface area contributed by atoms with Crippen LogP contribution in [0.15, 0.2) is 109 Å². The van der Waals surface area contributed by atoms with E-state index in [1.807, 2.05) is 12.2 Å². The fourth-order valence-electron chi connectivity index (χ4n) is 9.40. The quantitative estimate of drug-likeness (QED) is 0.0228. The molecule has 1 aliphatic rings. The first-order chi connectivity index (χ1) is 40.6. The fraction of sp³-hybridized carbons (Fsp3) is 0.690. The Morgan fingerprint density at radius 1 is 0.410 bits per heavy atom. The molecule has 12 nitrogen and oxygen atoms in total. The second-order valence-electron chi connectivity index (χ2n) is 22.0. The van der Waals surface area contributed by atoms with Crippen molar-refractivity contribution in [3.8, 4) is 0 Å². The SMILES string of the molecule is CC/C=C\C/C=C\C/C=C\C/C=C\C/C=C\CCCC(=O)OC(COC(=O)CCCCCCCCCCCCCCCCCCCCC)COC1OC(C(=O)O)C(O)C(O)C1OC(=O)CCCCCC/C=C\C/C=C\C/C=C\C/C=C\CC. The van der Waals surface area contributed by atoms with E-state index in [4.69, 9.17) is 23.7 Å². The molecule has 0 aromatic carbocycles. The molecule has 0 radical (unpaired) electrons. The summed E-state index contributed by atoms with van der Waals surface area (Å²) in [6.07, 6.45) is 66.3. The number of ether oxygens (including phenoxy) is 5. The summed E-state index contributed by atoms with van der Waals surface area (Å²) >= 11 is 0. The molecule has 83 heavy (non-hydrogen) atoms.